The van der Waals surface area contributed by atoms with E-state index < -0.39 is 4.92 Å². The number of methoxy groups -OCH3 is 2. The summed E-state index contributed by atoms with van der Waals surface area (Å²) in [6, 6.07) is 9.48. The number of hydrogen-bond donors (Lipinski definition) is 0. The highest BCUT2D eigenvalue weighted by Crippen LogP contribution is 2.35. The molecule has 29 heavy (non-hydrogen) atoms. The van der Waals surface area contributed by atoms with Gasteiger partial charge in [-0.3, -0.25) is 19.7 Å². The average Bonchev–Trinajstić information content (AvgIpc) is 3.17. The number of nitro benzene ring substituents is 1. The molecule has 0 saturated carbocycles. The monoisotopic (exact) mass is 396 g/mol. The van der Waals surface area contributed by atoms with E-state index in [0.29, 0.717) is 30.0 Å². The van der Waals surface area contributed by atoms with Crippen LogP contribution in [0.1, 0.15) is 28.8 Å². The molecule has 0 N–H and O–H groups in total. The molecule has 8 heteroatoms. The third kappa shape index (κ3) is 4.26. The van der Waals surface area contributed by atoms with Gasteiger partial charge in [0.15, 0.2) is 17.3 Å². The Hall–Kier alpha value is -3.68. The van der Waals surface area contributed by atoms with Crippen LogP contribution in [0.3, 0.4) is 0 Å². The Kier molecular flexibility index (Phi) is 5.92. The van der Waals surface area contributed by atoms with Crippen LogP contribution in [-0.2, 0) is 4.79 Å². The van der Waals surface area contributed by atoms with Crippen LogP contribution in [0.4, 0.5) is 11.4 Å². The van der Waals surface area contributed by atoms with Gasteiger partial charge in [-0.05, 0) is 36.8 Å². The summed E-state index contributed by atoms with van der Waals surface area (Å²) in [5.41, 5.74) is 1.07. The van der Waals surface area contributed by atoms with Gasteiger partial charge in [0.2, 0.25) is 5.91 Å². The molecule has 8 nitrogen and oxygen atoms in total. The first-order valence-corrected chi connectivity index (χ1v) is 8.98. The number of carbonyl (C=O) groups excluding carboxylic acids is 2. The van der Waals surface area contributed by atoms with Gasteiger partial charge in [0.25, 0.3) is 5.69 Å². The van der Waals surface area contributed by atoms with Gasteiger partial charge in [-0.1, -0.05) is 12.1 Å². The fourth-order valence-electron chi connectivity index (χ4n) is 3.19. The molecule has 0 atom stereocenters. The van der Waals surface area contributed by atoms with Gasteiger partial charge >= 0.3 is 0 Å². The Morgan fingerprint density at radius 2 is 1.90 bits per heavy atom. The summed E-state index contributed by atoms with van der Waals surface area (Å²) in [7, 11) is 2.81. The van der Waals surface area contributed by atoms with E-state index in [4.69, 9.17) is 9.47 Å². The molecule has 1 saturated heterocycles. The van der Waals surface area contributed by atoms with E-state index in [2.05, 4.69) is 0 Å². The molecule has 0 unspecified atom stereocenters. The second-order valence-corrected chi connectivity index (χ2v) is 6.42. The highest BCUT2D eigenvalue weighted by molar-refractivity contribution is 6.08. The van der Waals surface area contributed by atoms with Gasteiger partial charge in [-0.2, -0.15) is 0 Å². The number of anilines is 1. The average molecular weight is 396 g/mol. The number of ketones is 1. The number of benzene rings is 2. The maximum Gasteiger partial charge on any atom is 0.280 e. The Morgan fingerprint density at radius 3 is 2.52 bits per heavy atom. The molecule has 150 valence electrons. The summed E-state index contributed by atoms with van der Waals surface area (Å²) in [6.45, 7) is 0.629. The highest BCUT2D eigenvalue weighted by Gasteiger charge is 2.22. The van der Waals surface area contributed by atoms with E-state index in [0.717, 1.165) is 6.42 Å². The minimum Gasteiger partial charge on any atom is -0.493 e. The Bertz CT molecular complexity index is 999. The van der Waals surface area contributed by atoms with Crippen molar-refractivity contribution in [3.63, 3.8) is 0 Å². The number of amides is 1. The van der Waals surface area contributed by atoms with Crippen molar-refractivity contribution in [2.75, 3.05) is 25.7 Å². The minimum absolute atomic E-state index is 0.0334. The van der Waals surface area contributed by atoms with Gasteiger partial charge in [-0.15, -0.1) is 0 Å². The number of allylic oxidation sites excluding steroid dienone is 1. The third-order valence-electron chi connectivity index (χ3n) is 4.66. The van der Waals surface area contributed by atoms with Crippen molar-refractivity contribution in [3.8, 4) is 11.5 Å². The SMILES string of the molecule is COc1cc(C=CC(=O)c2cccc(N3CCCC3=O)c2)c([N+](=O)[O-])cc1OC. The lowest BCUT2D eigenvalue weighted by Crippen LogP contribution is -2.23. The Balaban J connectivity index is 1.89. The first-order chi connectivity index (χ1) is 13.9. The van der Waals surface area contributed by atoms with E-state index in [1.165, 1.54) is 38.5 Å². The summed E-state index contributed by atoms with van der Waals surface area (Å²) in [5.74, 6) is 0.249. The highest BCUT2D eigenvalue weighted by atomic mass is 16.6. The minimum atomic E-state index is -0.550. The van der Waals surface area contributed by atoms with Crippen LogP contribution in [0.2, 0.25) is 0 Å². The van der Waals surface area contributed by atoms with Crippen LogP contribution in [0.25, 0.3) is 6.08 Å². The van der Waals surface area contributed by atoms with E-state index in [1.807, 2.05) is 0 Å². The number of rotatable bonds is 7. The molecule has 1 aliphatic rings. The summed E-state index contributed by atoms with van der Waals surface area (Å²) in [6.07, 6.45) is 3.93. The molecule has 3 rings (SSSR count). The zero-order chi connectivity index (χ0) is 21.0. The van der Waals surface area contributed by atoms with Crippen LogP contribution >= 0.6 is 0 Å². The third-order valence-corrected chi connectivity index (χ3v) is 4.66. The molecule has 1 amide bonds. The molecule has 1 heterocycles. The topological polar surface area (TPSA) is 99.0 Å². The lowest BCUT2D eigenvalue weighted by atomic mass is 10.1. The van der Waals surface area contributed by atoms with Crippen LogP contribution in [-0.4, -0.2) is 37.4 Å². The second-order valence-electron chi connectivity index (χ2n) is 6.42. The molecule has 0 radical (unpaired) electrons. The molecule has 0 spiro atoms. The van der Waals surface area contributed by atoms with Crippen molar-refractivity contribution in [1.82, 2.24) is 0 Å². The van der Waals surface area contributed by atoms with E-state index >= 15 is 0 Å². The standard InChI is InChI=1S/C21H20N2O6/c1-28-19-12-14(17(23(26)27)13-20(19)29-2)8-9-18(24)15-5-3-6-16(11-15)22-10-4-7-21(22)25/h3,5-6,8-9,11-13H,4,7,10H2,1-2H3. The van der Waals surface area contributed by atoms with Crippen molar-refractivity contribution in [1.29, 1.82) is 0 Å². The summed E-state index contributed by atoms with van der Waals surface area (Å²) in [5, 5.41) is 11.4. The molecule has 2 aromatic rings. The van der Waals surface area contributed by atoms with Crippen molar-refractivity contribution in [2.24, 2.45) is 0 Å². The number of hydrogen-bond acceptors (Lipinski definition) is 6. The predicted octanol–water partition coefficient (Wildman–Crippen LogP) is 3.63. The Morgan fingerprint density at radius 1 is 1.17 bits per heavy atom. The fraction of sp³-hybridized carbons (Fsp3) is 0.238. The van der Waals surface area contributed by atoms with Crippen LogP contribution in [0, 0.1) is 10.1 Å². The molecule has 1 aliphatic heterocycles. The van der Waals surface area contributed by atoms with Gasteiger partial charge in [0.05, 0.1) is 30.8 Å². The van der Waals surface area contributed by atoms with Gasteiger partial charge in [-0.25, -0.2) is 0 Å². The molecule has 0 bridgehead atoms. The van der Waals surface area contributed by atoms with Crippen LogP contribution in [0.5, 0.6) is 11.5 Å². The number of nitrogens with zero attached hydrogens (tertiary/aromatic N) is 2. The number of carbonyl (C=O) groups is 2. The lowest BCUT2D eigenvalue weighted by Gasteiger charge is -2.16. The molecule has 1 fully saturated rings. The summed E-state index contributed by atoms with van der Waals surface area (Å²) < 4.78 is 10.3. The lowest BCUT2D eigenvalue weighted by molar-refractivity contribution is -0.385. The molecule has 0 aromatic heterocycles. The number of ether oxygens (including phenoxy) is 2. The second kappa shape index (κ2) is 8.55. The van der Waals surface area contributed by atoms with Crippen molar-refractivity contribution in [2.45, 2.75) is 12.8 Å². The van der Waals surface area contributed by atoms with Crippen LogP contribution in [0.15, 0.2) is 42.5 Å². The maximum atomic E-state index is 12.6. The zero-order valence-electron chi connectivity index (χ0n) is 16.1. The number of nitro groups is 1. The summed E-state index contributed by atoms with van der Waals surface area (Å²) in [4.78, 5) is 37.0. The first kappa shape index (κ1) is 20.1. The van der Waals surface area contributed by atoms with Crippen molar-refractivity contribution >= 4 is 29.1 Å². The largest absolute Gasteiger partial charge is 0.493 e. The molecule has 0 aliphatic carbocycles. The maximum absolute atomic E-state index is 12.6. The fourth-order valence-corrected chi connectivity index (χ4v) is 3.19. The quantitative estimate of drug-likeness (QED) is 0.307. The predicted molar refractivity (Wildman–Crippen MR) is 108 cm³/mol. The van der Waals surface area contributed by atoms with Gasteiger partial charge in [0.1, 0.15) is 0 Å². The molecule has 2 aromatic carbocycles. The smallest absolute Gasteiger partial charge is 0.280 e. The molecular formula is C21H20N2O6. The Labute approximate surface area is 167 Å². The normalized spacial score (nSPS) is 13.7. The summed E-state index contributed by atoms with van der Waals surface area (Å²) >= 11 is 0. The van der Waals surface area contributed by atoms with E-state index in [9.17, 15) is 19.7 Å². The van der Waals surface area contributed by atoms with Crippen molar-refractivity contribution in [3.05, 3.63) is 63.7 Å². The van der Waals surface area contributed by atoms with Crippen LogP contribution < -0.4 is 14.4 Å². The first-order valence-electron chi connectivity index (χ1n) is 8.98. The zero-order valence-corrected chi connectivity index (χ0v) is 16.1. The van der Waals surface area contributed by atoms with Gasteiger partial charge < -0.3 is 14.4 Å². The van der Waals surface area contributed by atoms with Crippen molar-refractivity contribution < 1.29 is 24.0 Å². The van der Waals surface area contributed by atoms with E-state index in [1.54, 1.807) is 29.2 Å². The molecular weight excluding hydrogens is 376 g/mol. The van der Waals surface area contributed by atoms with Gasteiger partial charge in [0, 0.05) is 24.2 Å². The van der Waals surface area contributed by atoms with E-state index in [-0.39, 0.29) is 28.7 Å².